The molecule has 0 spiro atoms. The van der Waals surface area contributed by atoms with Gasteiger partial charge in [0.25, 0.3) is 11.6 Å². The summed E-state index contributed by atoms with van der Waals surface area (Å²) in [6, 6.07) is 4.62. The van der Waals surface area contributed by atoms with Crippen LogP contribution in [-0.2, 0) is 0 Å². The quantitative estimate of drug-likeness (QED) is 0.619. The average molecular weight is 291 g/mol. The van der Waals surface area contributed by atoms with Crippen molar-refractivity contribution in [3.8, 4) is 0 Å². The van der Waals surface area contributed by atoms with Crippen LogP contribution in [0, 0.1) is 16.0 Å². The van der Waals surface area contributed by atoms with Crippen molar-refractivity contribution in [2.75, 3.05) is 25.5 Å². The second-order valence-corrected chi connectivity index (χ2v) is 5.40. The number of nitro benzene ring substituents is 1. The lowest BCUT2D eigenvalue weighted by Crippen LogP contribution is -2.34. The molecule has 0 bridgehead atoms. The molecule has 2 rings (SSSR count). The summed E-state index contributed by atoms with van der Waals surface area (Å²) in [4.78, 5) is 25.1. The van der Waals surface area contributed by atoms with E-state index in [0.29, 0.717) is 23.7 Å². The van der Waals surface area contributed by atoms with Gasteiger partial charge in [0, 0.05) is 26.2 Å². The molecule has 21 heavy (non-hydrogen) atoms. The van der Waals surface area contributed by atoms with Crippen LogP contribution in [0.5, 0.6) is 0 Å². The molecule has 1 aliphatic rings. The molecule has 1 aliphatic carbocycles. The second-order valence-electron chi connectivity index (χ2n) is 5.40. The molecule has 1 amide bonds. The Kier molecular flexibility index (Phi) is 4.77. The minimum Gasteiger partial charge on any atom is -0.382 e. The Hall–Kier alpha value is -2.11. The van der Waals surface area contributed by atoms with Gasteiger partial charge in [-0.1, -0.05) is 13.0 Å². The van der Waals surface area contributed by atoms with Crippen molar-refractivity contribution >= 4 is 17.3 Å². The van der Waals surface area contributed by atoms with Gasteiger partial charge in [-0.25, -0.2) is 0 Å². The van der Waals surface area contributed by atoms with Crippen molar-refractivity contribution in [2.24, 2.45) is 5.92 Å². The van der Waals surface area contributed by atoms with Crippen molar-refractivity contribution in [1.82, 2.24) is 4.90 Å². The van der Waals surface area contributed by atoms with Crippen LogP contribution in [0.25, 0.3) is 0 Å². The number of carbonyl (C=O) groups is 1. The maximum atomic E-state index is 12.7. The molecule has 1 aromatic rings. The van der Waals surface area contributed by atoms with Gasteiger partial charge in [-0.3, -0.25) is 14.9 Å². The lowest BCUT2D eigenvalue weighted by Gasteiger charge is -2.23. The van der Waals surface area contributed by atoms with Crippen molar-refractivity contribution in [2.45, 2.75) is 26.2 Å². The number of nitro groups is 1. The van der Waals surface area contributed by atoms with Gasteiger partial charge in [0.2, 0.25) is 0 Å². The summed E-state index contributed by atoms with van der Waals surface area (Å²) in [6.07, 6.45) is 3.21. The van der Waals surface area contributed by atoms with Crippen LogP contribution in [0.3, 0.4) is 0 Å². The van der Waals surface area contributed by atoms with Crippen LogP contribution in [0.2, 0.25) is 0 Å². The van der Waals surface area contributed by atoms with Gasteiger partial charge in [0.05, 0.1) is 10.5 Å². The highest BCUT2D eigenvalue weighted by atomic mass is 16.6. The molecule has 0 aliphatic heterocycles. The maximum Gasteiger partial charge on any atom is 0.293 e. The zero-order valence-corrected chi connectivity index (χ0v) is 12.5. The highest BCUT2D eigenvalue weighted by molar-refractivity contribution is 6.01. The Morgan fingerprint density at radius 1 is 1.48 bits per heavy atom. The number of amides is 1. The molecule has 0 saturated heterocycles. The van der Waals surface area contributed by atoms with Crippen molar-refractivity contribution in [1.29, 1.82) is 0 Å². The fourth-order valence-electron chi connectivity index (χ4n) is 2.46. The fraction of sp³-hybridized carbons (Fsp3) is 0.533. The number of nitrogens with one attached hydrogen (secondary N) is 1. The van der Waals surface area contributed by atoms with Crippen LogP contribution in [0.1, 0.15) is 36.5 Å². The largest absolute Gasteiger partial charge is 0.382 e. The van der Waals surface area contributed by atoms with E-state index in [1.807, 2.05) is 11.8 Å². The molecule has 0 aromatic heterocycles. The molecule has 6 nitrogen and oxygen atoms in total. The summed E-state index contributed by atoms with van der Waals surface area (Å²) in [7, 11) is 1.60. The molecule has 1 saturated carbocycles. The van der Waals surface area contributed by atoms with Crippen LogP contribution >= 0.6 is 0 Å². The van der Waals surface area contributed by atoms with E-state index in [0.717, 1.165) is 13.0 Å². The lowest BCUT2D eigenvalue weighted by atomic mass is 10.1. The summed E-state index contributed by atoms with van der Waals surface area (Å²) >= 11 is 0. The second kappa shape index (κ2) is 6.56. The number of carbonyl (C=O) groups excluding carboxylic acids is 1. The summed E-state index contributed by atoms with van der Waals surface area (Å²) in [5.74, 6) is 0.467. The Labute approximate surface area is 124 Å². The van der Waals surface area contributed by atoms with E-state index in [1.54, 1.807) is 19.2 Å². The number of hydrogen-bond acceptors (Lipinski definition) is 4. The minimum atomic E-state index is -0.465. The van der Waals surface area contributed by atoms with Crippen LogP contribution in [-0.4, -0.2) is 35.9 Å². The number of anilines is 1. The van der Waals surface area contributed by atoms with Gasteiger partial charge in [0.15, 0.2) is 0 Å². The predicted molar refractivity (Wildman–Crippen MR) is 81.6 cm³/mol. The van der Waals surface area contributed by atoms with E-state index in [1.165, 1.54) is 18.9 Å². The van der Waals surface area contributed by atoms with Gasteiger partial charge >= 0.3 is 0 Å². The molecule has 1 aromatic carbocycles. The zero-order chi connectivity index (χ0) is 15.4. The van der Waals surface area contributed by atoms with Gasteiger partial charge in [0.1, 0.15) is 5.69 Å². The third kappa shape index (κ3) is 3.51. The molecule has 0 unspecified atom stereocenters. The van der Waals surface area contributed by atoms with Crippen molar-refractivity contribution in [3.63, 3.8) is 0 Å². The standard InChI is InChI=1S/C15H21N3O3/c1-3-9-17(10-11-7-8-11)15(19)12-5-4-6-13(18(20)21)14(12)16-2/h4-6,11,16H,3,7-10H2,1-2H3. The fourth-order valence-corrected chi connectivity index (χ4v) is 2.46. The van der Waals surface area contributed by atoms with Gasteiger partial charge in [-0.05, 0) is 31.2 Å². The first-order chi connectivity index (χ1) is 10.1. The van der Waals surface area contributed by atoms with Crippen LogP contribution < -0.4 is 5.32 Å². The number of rotatable bonds is 7. The van der Waals surface area contributed by atoms with Gasteiger partial charge in [-0.2, -0.15) is 0 Å². The van der Waals surface area contributed by atoms with Crippen molar-refractivity contribution in [3.05, 3.63) is 33.9 Å². The first-order valence-corrected chi connectivity index (χ1v) is 7.32. The number of hydrogen-bond donors (Lipinski definition) is 1. The van der Waals surface area contributed by atoms with Gasteiger partial charge in [-0.15, -0.1) is 0 Å². The number of benzene rings is 1. The number of nitrogens with zero attached hydrogens (tertiary/aromatic N) is 2. The maximum absolute atomic E-state index is 12.7. The molecule has 1 N–H and O–H groups in total. The topological polar surface area (TPSA) is 75.5 Å². The SMILES string of the molecule is CCCN(CC1CC1)C(=O)c1cccc([N+](=O)[O-])c1NC. The summed E-state index contributed by atoms with van der Waals surface area (Å²) in [6.45, 7) is 3.46. The molecule has 114 valence electrons. The summed E-state index contributed by atoms with van der Waals surface area (Å²) in [5, 5.41) is 13.9. The van der Waals surface area contributed by atoms with E-state index >= 15 is 0 Å². The molecule has 1 fully saturated rings. The van der Waals surface area contributed by atoms with E-state index < -0.39 is 4.92 Å². The Morgan fingerprint density at radius 2 is 2.19 bits per heavy atom. The van der Waals surface area contributed by atoms with E-state index in [-0.39, 0.29) is 11.6 Å². The average Bonchev–Trinajstić information content (AvgIpc) is 3.29. The molecule has 0 radical (unpaired) electrons. The smallest absolute Gasteiger partial charge is 0.293 e. The Balaban J connectivity index is 2.31. The Morgan fingerprint density at radius 3 is 2.71 bits per heavy atom. The normalized spacial score (nSPS) is 13.8. The van der Waals surface area contributed by atoms with E-state index in [9.17, 15) is 14.9 Å². The van der Waals surface area contributed by atoms with Gasteiger partial charge < -0.3 is 10.2 Å². The third-order valence-electron chi connectivity index (χ3n) is 3.68. The summed E-state index contributed by atoms with van der Waals surface area (Å²) in [5.41, 5.74) is 0.608. The molecule has 6 heteroatoms. The predicted octanol–water partition coefficient (Wildman–Crippen LogP) is 2.90. The lowest BCUT2D eigenvalue weighted by molar-refractivity contribution is -0.384. The molecule has 0 atom stereocenters. The van der Waals surface area contributed by atoms with Crippen LogP contribution in [0.15, 0.2) is 18.2 Å². The first-order valence-electron chi connectivity index (χ1n) is 7.32. The highest BCUT2D eigenvalue weighted by Gasteiger charge is 2.29. The minimum absolute atomic E-state index is 0.0637. The van der Waals surface area contributed by atoms with Crippen LogP contribution in [0.4, 0.5) is 11.4 Å². The molecular formula is C15H21N3O3. The van der Waals surface area contributed by atoms with Crippen molar-refractivity contribution < 1.29 is 9.72 Å². The highest BCUT2D eigenvalue weighted by Crippen LogP contribution is 2.32. The number of para-hydroxylation sites is 1. The first kappa shape index (κ1) is 15.3. The van der Waals surface area contributed by atoms with E-state index in [4.69, 9.17) is 0 Å². The molecule has 0 heterocycles. The molecular weight excluding hydrogens is 270 g/mol. The third-order valence-corrected chi connectivity index (χ3v) is 3.68. The zero-order valence-electron chi connectivity index (χ0n) is 12.5. The van der Waals surface area contributed by atoms with E-state index in [2.05, 4.69) is 5.32 Å². The Bertz CT molecular complexity index is 541. The monoisotopic (exact) mass is 291 g/mol. The summed E-state index contributed by atoms with van der Waals surface area (Å²) < 4.78 is 0.